The van der Waals surface area contributed by atoms with Crippen LogP contribution >= 0.6 is 0 Å². The van der Waals surface area contributed by atoms with Crippen molar-refractivity contribution in [2.45, 2.75) is 46.8 Å². The van der Waals surface area contributed by atoms with Gasteiger partial charge in [0.05, 0.1) is 0 Å². The number of hydrogen-bond acceptors (Lipinski definition) is 4. The van der Waals surface area contributed by atoms with Gasteiger partial charge in [0.1, 0.15) is 6.10 Å². The molecule has 1 aromatic rings. The van der Waals surface area contributed by atoms with E-state index in [0.717, 1.165) is 30.9 Å². The molecule has 0 aliphatic heterocycles. The Bertz CT molecular complexity index is 343. The van der Waals surface area contributed by atoms with E-state index >= 15 is 0 Å². The van der Waals surface area contributed by atoms with Gasteiger partial charge in [-0.25, -0.2) is 9.97 Å². The van der Waals surface area contributed by atoms with E-state index in [1.165, 1.54) is 0 Å². The molecule has 1 unspecified atom stereocenters. The molecule has 1 rings (SSSR count). The summed E-state index contributed by atoms with van der Waals surface area (Å²) in [5.41, 5.74) is 1.10. The van der Waals surface area contributed by atoms with Crippen molar-refractivity contribution in [3.05, 3.63) is 23.8 Å². The van der Waals surface area contributed by atoms with Crippen LogP contribution in [0.3, 0.4) is 0 Å². The topological polar surface area (TPSA) is 47.0 Å². The van der Waals surface area contributed by atoms with Gasteiger partial charge in [0.15, 0.2) is 5.82 Å². The Labute approximate surface area is 110 Å². The number of methoxy groups -OCH3 is 1. The first-order valence-electron chi connectivity index (χ1n) is 6.53. The highest BCUT2D eigenvalue weighted by molar-refractivity contribution is 5.07. The number of hydrogen-bond donors (Lipinski definition) is 1. The molecule has 0 aliphatic carbocycles. The zero-order chi connectivity index (χ0) is 13.6. The highest BCUT2D eigenvalue weighted by Gasteiger charge is 2.28. The van der Waals surface area contributed by atoms with Crippen molar-refractivity contribution in [2.24, 2.45) is 5.41 Å². The van der Waals surface area contributed by atoms with E-state index in [0.29, 0.717) is 0 Å². The lowest BCUT2D eigenvalue weighted by Gasteiger charge is -2.27. The van der Waals surface area contributed by atoms with E-state index in [9.17, 15) is 0 Å². The van der Waals surface area contributed by atoms with E-state index in [4.69, 9.17) is 4.74 Å². The zero-order valence-electron chi connectivity index (χ0n) is 12.2. The molecule has 1 heterocycles. The van der Waals surface area contributed by atoms with Crippen LogP contribution in [0.25, 0.3) is 0 Å². The van der Waals surface area contributed by atoms with Gasteiger partial charge in [-0.1, -0.05) is 27.7 Å². The highest BCUT2D eigenvalue weighted by atomic mass is 16.5. The number of ether oxygens (including phenoxy) is 1. The highest BCUT2D eigenvalue weighted by Crippen LogP contribution is 2.33. The van der Waals surface area contributed by atoms with E-state index in [1.54, 1.807) is 7.11 Å². The molecule has 0 aliphatic rings. The Hall–Kier alpha value is -1.00. The van der Waals surface area contributed by atoms with Crippen molar-refractivity contribution in [1.29, 1.82) is 0 Å². The van der Waals surface area contributed by atoms with Crippen LogP contribution < -0.4 is 5.32 Å². The summed E-state index contributed by atoms with van der Waals surface area (Å²) in [4.78, 5) is 8.84. The minimum absolute atomic E-state index is 0.00325. The summed E-state index contributed by atoms with van der Waals surface area (Å²) in [6.07, 6.45) is 4.82. The molecule has 1 aromatic heterocycles. The molecule has 0 radical (unpaired) electrons. The van der Waals surface area contributed by atoms with Crippen LogP contribution in [0.5, 0.6) is 0 Å². The second-order valence-electron chi connectivity index (χ2n) is 5.61. The van der Waals surface area contributed by atoms with Crippen LogP contribution in [0.1, 0.15) is 51.6 Å². The number of rotatable bonds is 6. The average molecular weight is 251 g/mol. The lowest BCUT2D eigenvalue weighted by molar-refractivity contribution is 0.00860. The molecule has 4 heteroatoms. The second-order valence-corrected chi connectivity index (χ2v) is 5.61. The van der Waals surface area contributed by atoms with Crippen molar-refractivity contribution in [3.8, 4) is 0 Å². The first kappa shape index (κ1) is 15.1. The summed E-state index contributed by atoms with van der Waals surface area (Å²) in [6, 6.07) is 0. The molecule has 1 atom stereocenters. The van der Waals surface area contributed by atoms with Gasteiger partial charge in [-0.2, -0.15) is 0 Å². The molecule has 4 nitrogen and oxygen atoms in total. The Morgan fingerprint density at radius 2 is 1.89 bits per heavy atom. The van der Waals surface area contributed by atoms with E-state index < -0.39 is 0 Å². The molecule has 0 fully saturated rings. The fraction of sp³-hybridized carbons (Fsp3) is 0.714. The zero-order valence-corrected chi connectivity index (χ0v) is 12.2. The number of nitrogens with one attached hydrogen (secondary N) is 1. The molecule has 0 saturated heterocycles. The van der Waals surface area contributed by atoms with Crippen LogP contribution in [-0.2, 0) is 11.3 Å². The van der Waals surface area contributed by atoms with Crippen molar-refractivity contribution in [3.63, 3.8) is 0 Å². The van der Waals surface area contributed by atoms with Crippen LogP contribution in [0.15, 0.2) is 12.4 Å². The van der Waals surface area contributed by atoms with Gasteiger partial charge in [0, 0.05) is 31.6 Å². The standard InChI is InChI=1S/C14H25N3O/c1-6-7-15-8-11-9-16-13(17-10-11)12(18-5)14(2,3)4/h9-10,12,15H,6-8H2,1-5H3. The molecule has 18 heavy (non-hydrogen) atoms. The smallest absolute Gasteiger partial charge is 0.157 e. The van der Waals surface area contributed by atoms with Gasteiger partial charge in [-0.3, -0.25) is 0 Å². The van der Waals surface area contributed by atoms with Gasteiger partial charge >= 0.3 is 0 Å². The third-order valence-electron chi connectivity index (χ3n) is 2.74. The molecular weight excluding hydrogens is 226 g/mol. The summed E-state index contributed by atoms with van der Waals surface area (Å²) in [5, 5.41) is 3.33. The normalized spacial score (nSPS) is 13.6. The predicted molar refractivity (Wildman–Crippen MR) is 73.2 cm³/mol. The maximum atomic E-state index is 5.50. The van der Waals surface area contributed by atoms with Crippen LogP contribution in [0.2, 0.25) is 0 Å². The molecule has 0 amide bonds. The predicted octanol–water partition coefficient (Wildman–Crippen LogP) is 2.71. The fourth-order valence-electron chi connectivity index (χ4n) is 1.85. The second kappa shape index (κ2) is 6.81. The first-order valence-corrected chi connectivity index (χ1v) is 6.53. The molecule has 0 bridgehead atoms. The summed E-state index contributed by atoms with van der Waals surface area (Å²) in [7, 11) is 1.70. The molecule has 0 saturated carbocycles. The van der Waals surface area contributed by atoms with E-state index in [1.807, 2.05) is 12.4 Å². The van der Waals surface area contributed by atoms with Crippen molar-refractivity contribution in [1.82, 2.24) is 15.3 Å². The van der Waals surface area contributed by atoms with Gasteiger partial charge in [-0.05, 0) is 18.4 Å². The Balaban J connectivity index is 2.69. The quantitative estimate of drug-likeness (QED) is 0.790. The van der Waals surface area contributed by atoms with Crippen LogP contribution in [0, 0.1) is 5.41 Å². The molecule has 102 valence electrons. The molecule has 0 aromatic carbocycles. The maximum absolute atomic E-state index is 5.50. The Morgan fingerprint density at radius 1 is 1.28 bits per heavy atom. The largest absolute Gasteiger partial charge is 0.373 e. The van der Waals surface area contributed by atoms with Gasteiger partial charge in [-0.15, -0.1) is 0 Å². The van der Waals surface area contributed by atoms with Crippen molar-refractivity contribution < 1.29 is 4.74 Å². The van der Waals surface area contributed by atoms with Crippen molar-refractivity contribution in [2.75, 3.05) is 13.7 Å². The lowest BCUT2D eigenvalue weighted by Crippen LogP contribution is -2.22. The minimum Gasteiger partial charge on any atom is -0.373 e. The molecular formula is C14H25N3O. The third kappa shape index (κ3) is 4.35. The summed E-state index contributed by atoms with van der Waals surface area (Å²) in [6.45, 7) is 10.4. The first-order chi connectivity index (χ1) is 8.49. The van der Waals surface area contributed by atoms with Gasteiger partial charge in [0.25, 0.3) is 0 Å². The Kier molecular flexibility index (Phi) is 5.69. The average Bonchev–Trinajstić information content (AvgIpc) is 2.30. The number of nitrogens with zero attached hydrogens (tertiary/aromatic N) is 2. The van der Waals surface area contributed by atoms with Gasteiger partial charge < -0.3 is 10.1 Å². The third-order valence-corrected chi connectivity index (χ3v) is 2.74. The maximum Gasteiger partial charge on any atom is 0.157 e. The summed E-state index contributed by atoms with van der Waals surface area (Å²) < 4.78 is 5.50. The molecule has 0 spiro atoms. The Morgan fingerprint density at radius 3 is 2.33 bits per heavy atom. The SMILES string of the molecule is CCCNCc1cnc(C(OC)C(C)(C)C)nc1. The number of aromatic nitrogens is 2. The van der Waals surface area contributed by atoms with Crippen LogP contribution in [0.4, 0.5) is 0 Å². The van der Waals surface area contributed by atoms with Crippen LogP contribution in [-0.4, -0.2) is 23.6 Å². The van der Waals surface area contributed by atoms with Crippen molar-refractivity contribution >= 4 is 0 Å². The van der Waals surface area contributed by atoms with E-state index in [2.05, 4.69) is 43.0 Å². The summed E-state index contributed by atoms with van der Waals surface area (Å²) >= 11 is 0. The monoisotopic (exact) mass is 251 g/mol. The lowest BCUT2D eigenvalue weighted by atomic mass is 9.88. The van der Waals surface area contributed by atoms with Gasteiger partial charge in [0.2, 0.25) is 0 Å². The fourth-order valence-corrected chi connectivity index (χ4v) is 1.85. The molecule has 1 N–H and O–H groups in total. The van der Waals surface area contributed by atoms with E-state index in [-0.39, 0.29) is 11.5 Å². The summed E-state index contributed by atoms with van der Waals surface area (Å²) in [5.74, 6) is 0.754. The minimum atomic E-state index is -0.0739.